The van der Waals surface area contributed by atoms with Gasteiger partial charge in [-0.05, 0) is 61.2 Å². The molecule has 0 saturated heterocycles. The molecule has 1 aliphatic rings. The zero-order valence-electron chi connectivity index (χ0n) is 19.1. The highest BCUT2D eigenvalue weighted by Crippen LogP contribution is 2.33. The van der Waals surface area contributed by atoms with Gasteiger partial charge in [-0.3, -0.25) is 0 Å². The third-order valence-electron chi connectivity index (χ3n) is 6.03. The first kappa shape index (κ1) is 21.0. The predicted molar refractivity (Wildman–Crippen MR) is 128 cm³/mol. The lowest BCUT2D eigenvalue weighted by atomic mass is 9.91. The van der Waals surface area contributed by atoms with Crippen LogP contribution in [0.1, 0.15) is 47.2 Å². The Labute approximate surface area is 193 Å². The van der Waals surface area contributed by atoms with E-state index in [4.69, 9.17) is 19.6 Å². The average molecular weight is 442 g/mol. The van der Waals surface area contributed by atoms with E-state index in [1.54, 1.807) is 20.5 Å². The number of benzene rings is 2. The molecule has 0 N–H and O–H groups in total. The Kier molecular flexibility index (Phi) is 5.69. The second-order valence-corrected chi connectivity index (χ2v) is 8.21. The third kappa shape index (κ3) is 4.26. The van der Waals surface area contributed by atoms with Crippen LogP contribution < -0.4 is 9.47 Å². The van der Waals surface area contributed by atoms with Crippen LogP contribution in [0.2, 0.25) is 0 Å². The molecule has 5 rings (SSSR count). The van der Waals surface area contributed by atoms with Crippen molar-refractivity contribution >= 4 is 12.2 Å². The van der Waals surface area contributed by atoms with E-state index in [0.29, 0.717) is 0 Å². The highest BCUT2D eigenvalue weighted by Gasteiger charge is 2.25. The number of hydrogen-bond donors (Lipinski definition) is 0. The van der Waals surface area contributed by atoms with E-state index in [1.807, 2.05) is 58.8 Å². The monoisotopic (exact) mass is 441 g/mol. The van der Waals surface area contributed by atoms with Crippen molar-refractivity contribution in [3.05, 3.63) is 83.5 Å². The van der Waals surface area contributed by atoms with Crippen molar-refractivity contribution in [3.8, 4) is 17.2 Å². The maximum absolute atomic E-state index is 5.62. The Hall–Kier alpha value is -3.87. The Morgan fingerprint density at radius 2 is 1.88 bits per heavy atom. The summed E-state index contributed by atoms with van der Waals surface area (Å²) in [6, 6.07) is 14.4. The Bertz CT molecular complexity index is 1290. The van der Waals surface area contributed by atoms with Crippen LogP contribution in [-0.4, -0.2) is 38.5 Å². The van der Waals surface area contributed by atoms with Crippen LogP contribution in [0, 0.1) is 6.92 Å². The van der Waals surface area contributed by atoms with Gasteiger partial charge >= 0.3 is 0 Å². The summed E-state index contributed by atoms with van der Waals surface area (Å²) in [5.74, 6) is 3.64. The fourth-order valence-electron chi connectivity index (χ4n) is 4.33. The lowest BCUT2D eigenvalue weighted by Gasteiger charge is -2.22. The van der Waals surface area contributed by atoms with Crippen molar-refractivity contribution in [1.82, 2.24) is 24.3 Å². The lowest BCUT2D eigenvalue weighted by molar-refractivity contribution is 0.413. The number of imidazole rings is 1. The molecule has 0 saturated carbocycles. The minimum atomic E-state index is 0.248. The highest BCUT2D eigenvalue weighted by atomic mass is 16.5. The minimum Gasteiger partial charge on any atom is -0.497 e. The van der Waals surface area contributed by atoms with Gasteiger partial charge in [-0.2, -0.15) is 5.10 Å². The van der Waals surface area contributed by atoms with Gasteiger partial charge in [0.05, 0.1) is 31.9 Å². The molecule has 2 aromatic carbocycles. The maximum atomic E-state index is 5.62. The van der Waals surface area contributed by atoms with Crippen molar-refractivity contribution in [2.45, 2.75) is 32.2 Å². The fourth-order valence-corrected chi connectivity index (χ4v) is 4.33. The Morgan fingerprint density at radius 1 is 1.03 bits per heavy atom. The number of aromatic nitrogens is 5. The van der Waals surface area contributed by atoms with Crippen LogP contribution in [0.5, 0.6) is 11.5 Å². The van der Waals surface area contributed by atoms with Gasteiger partial charge in [0.1, 0.15) is 17.3 Å². The molecule has 1 aliphatic heterocycles. The molecule has 1 unspecified atom stereocenters. The molecule has 7 nitrogen and oxygen atoms in total. The summed E-state index contributed by atoms with van der Waals surface area (Å²) in [4.78, 5) is 9.17. The molecule has 0 fully saturated rings. The van der Waals surface area contributed by atoms with E-state index in [0.717, 1.165) is 59.5 Å². The molecule has 4 aromatic rings. The molecule has 0 aliphatic carbocycles. The molecule has 2 aromatic heterocycles. The van der Waals surface area contributed by atoms with Gasteiger partial charge in [-0.1, -0.05) is 24.3 Å². The van der Waals surface area contributed by atoms with E-state index in [1.165, 1.54) is 5.56 Å². The first-order valence-electron chi connectivity index (χ1n) is 11.1. The van der Waals surface area contributed by atoms with Crippen LogP contribution in [0.15, 0.2) is 55.0 Å². The number of fused-ring (bicyclic) bond motifs is 1. The Balaban J connectivity index is 1.39. The highest BCUT2D eigenvalue weighted by molar-refractivity contribution is 5.69. The summed E-state index contributed by atoms with van der Waals surface area (Å²) in [5.41, 5.74) is 4.18. The van der Waals surface area contributed by atoms with Crippen molar-refractivity contribution < 1.29 is 9.47 Å². The quantitative estimate of drug-likeness (QED) is 0.426. The van der Waals surface area contributed by atoms with Gasteiger partial charge in [-0.25, -0.2) is 14.6 Å². The number of ether oxygens (including phenoxy) is 2. The molecule has 168 valence electrons. The topological polar surface area (TPSA) is 67.0 Å². The normalized spacial score (nSPS) is 15.5. The van der Waals surface area contributed by atoms with E-state index >= 15 is 0 Å². The van der Waals surface area contributed by atoms with Crippen molar-refractivity contribution in [2.75, 3.05) is 14.2 Å². The van der Waals surface area contributed by atoms with E-state index < -0.39 is 0 Å². The molecule has 0 radical (unpaired) electrons. The largest absolute Gasteiger partial charge is 0.497 e. The van der Waals surface area contributed by atoms with Crippen LogP contribution in [0.25, 0.3) is 17.8 Å². The second kappa shape index (κ2) is 8.94. The number of aryl methyl sites for hydroxylation is 2. The third-order valence-corrected chi connectivity index (χ3v) is 6.03. The van der Waals surface area contributed by atoms with Gasteiger partial charge in [0.15, 0.2) is 5.82 Å². The molecule has 33 heavy (non-hydrogen) atoms. The molecule has 0 bridgehead atoms. The molecular weight excluding hydrogens is 414 g/mol. The molecule has 0 spiro atoms. The molecule has 1 atom stereocenters. The molecule has 7 heteroatoms. The van der Waals surface area contributed by atoms with E-state index in [2.05, 4.69) is 23.2 Å². The second-order valence-electron chi connectivity index (χ2n) is 8.21. The maximum Gasteiger partial charge on any atom is 0.174 e. The summed E-state index contributed by atoms with van der Waals surface area (Å²) in [7, 11) is 3.37. The summed E-state index contributed by atoms with van der Waals surface area (Å²) < 4.78 is 14.9. The van der Waals surface area contributed by atoms with Gasteiger partial charge in [-0.15, -0.1) is 0 Å². The molecular formula is C26H27N5O2. The summed E-state index contributed by atoms with van der Waals surface area (Å²) in [6.45, 7) is 2.87. The van der Waals surface area contributed by atoms with Crippen molar-refractivity contribution in [2.24, 2.45) is 0 Å². The number of hydrogen-bond acceptors (Lipinski definition) is 5. The predicted octanol–water partition coefficient (Wildman–Crippen LogP) is 4.89. The summed E-state index contributed by atoms with van der Waals surface area (Å²) >= 11 is 0. The van der Waals surface area contributed by atoms with Crippen molar-refractivity contribution in [3.63, 3.8) is 0 Å². The van der Waals surface area contributed by atoms with Crippen LogP contribution in [0.3, 0.4) is 0 Å². The van der Waals surface area contributed by atoms with Gasteiger partial charge in [0.2, 0.25) is 0 Å². The zero-order valence-corrected chi connectivity index (χ0v) is 19.1. The zero-order chi connectivity index (χ0) is 22.8. The lowest BCUT2D eigenvalue weighted by Crippen LogP contribution is -2.17. The van der Waals surface area contributed by atoms with Crippen molar-refractivity contribution in [1.29, 1.82) is 0 Å². The number of nitrogens with zero attached hydrogens (tertiary/aromatic N) is 5. The molecule has 3 heterocycles. The summed E-state index contributed by atoms with van der Waals surface area (Å²) in [6.07, 6.45) is 9.91. The van der Waals surface area contributed by atoms with Gasteiger partial charge < -0.3 is 14.0 Å². The standard InChI is InChI=1S/C26H27N5O2/c1-18-16-30(17-27-18)23-12-6-19(15-24(23)33-3)7-13-25-28-26-22(5-4-14-31(26)29-25)20-8-10-21(32-2)11-9-20/h6-13,15-17,22H,4-5,14H2,1-3H3/b13-7+. The average Bonchev–Trinajstić information content (AvgIpc) is 3.48. The Morgan fingerprint density at radius 3 is 2.61 bits per heavy atom. The summed E-state index contributed by atoms with van der Waals surface area (Å²) in [5, 5.41) is 4.74. The minimum absolute atomic E-state index is 0.248. The van der Waals surface area contributed by atoms with E-state index in [-0.39, 0.29) is 5.92 Å². The first-order chi connectivity index (χ1) is 16.1. The smallest absolute Gasteiger partial charge is 0.174 e. The van der Waals surface area contributed by atoms with Gasteiger partial charge in [0.25, 0.3) is 0 Å². The first-order valence-corrected chi connectivity index (χ1v) is 11.1. The van der Waals surface area contributed by atoms with Crippen LogP contribution in [0.4, 0.5) is 0 Å². The SMILES string of the molecule is COc1ccc(C2CCCn3nc(/C=C/c4ccc(-n5cnc(C)c5)c(OC)c4)nc32)cc1. The fraction of sp³-hybridized carbons (Fsp3) is 0.269. The van der Waals surface area contributed by atoms with Crippen LogP contribution >= 0.6 is 0 Å². The number of rotatable bonds is 6. The molecule has 0 amide bonds. The van der Waals surface area contributed by atoms with Gasteiger partial charge in [0, 0.05) is 18.7 Å². The number of methoxy groups -OCH3 is 2. The van der Waals surface area contributed by atoms with Crippen LogP contribution in [-0.2, 0) is 6.54 Å². The van der Waals surface area contributed by atoms with E-state index in [9.17, 15) is 0 Å².